The van der Waals surface area contributed by atoms with Gasteiger partial charge in [-0.3, -0.25) is 0 Å². The first kappa shape index (κ1) is 10.9. The molecule has 2 N–H and O–H groups in total. The number of rotatable bonds is 3. The van der Waals surface area contributed by atoms with Crippen molar-refractivity contribution >= 4 is 7.32 Å². The predicted octanol–water partition coefficient (Wildman–Crippen LogP) is 0.660. The van der Waals surface area contributed by atoms with Crippen molar-refractivity contribution in [2.45, 2.75) is 13.8 Å². The zero-order valence-electron chi connectivity index (χ0n) is 8.44. The molecular weight excluding hydrogens is 183 g/mol. The fourth-order valence-corrected chi connectivity index (χ4v) is 1.24. The van der Waals surface area contributed by atoms with Crippen LogP contribution in [0.5, 0.6) is 11.5 Å². The van der Waals surface area contributed by atoms with Crippen LogP contribution in [-0.4, -0.2) is 24.5 Å². The molecule has 1 aromatic carbocycles. The Morgan fingerprint density at radius 1 is 1.14 bits per heavy atom. The van der Waals surface area contributed by atoms with Gasteiger partial charge in [0, 0.05) is 5.56 Å². The molecule has 76 valence electrons. The van der Waals surface area contributed by atoms with Gasteiger partial charge in [0.1, 0.15) is 11.5 Å². The summed E-state index contributed by atoms with van der Waals surface area (Å²) in [5, 5.41) is 17.4. The molecule has 5 heteroatoms. The van der Waals surface area contributed by atoms with Gasteiger partial charge in [-0.1, -0.05) is 0 Å². The summed E-state index contributed by atoms with van der Waals surface area (Å²) >= 11 is 0. The van der Waals surface area contributed by atoms with Crippen LogP contribution < -0.4 is 9.39 Å². The van der Waals surface area contributed by atoms with E-state index in [9.17, 15) is 0 Å². The Hall–Kier alpha value is -1.20. The minimum Gasteiger partial charge on any atom is -0.512 e. The highest BCUT2D eigenvalue weighted by Gasteiger charge is 2.15. The van der Waals surface area contributed by atoms with Crippen LogP contribution >= 0.6 is 0 Å². The summed E-state index contributed by atoms with van der Waals surface area (Å²) in [6.45, 7) is 3.66. The zero-order valence-corrected chi connectivity index (χ0v) is 8.44. The molecule has 0 aromatic heterocycles. The van der Waals surface area contributed by atoms with Crippen LogP contribution in [0.15, 0.2) is 12.1 Å². The minimum absolute atomic E-state index is 0.414. The Balaban J connectivity index is 3.08. The molecule has 0 saturated carbocycles. The molecule has 0 unspecified atom stereocenters. The van der Waals surface area contributed by atoms with Gasteiger partial charge in [-0.2, -0.15) is 0 Å². The number of aryl methyl sites for hydroxylation is 1. The van der Waals surface area contributed by atoms with Gasteiger partial charge < -0.3 is 19.4 Å². The predicted molar refractivity (Wildman–Crippen MR) is 53.3 cm³/mol. The highest BCUT2D eigenvalue weighted by atomic mass is 16.6. The lowest BCUT2D eigenvalue weighted by Crippen LogP contribution is -2.21. The standard InChI is InChI=1S/C9H13BO4/c1-6-4-8(13-3)7(2)9(5-6)14-10(11)12/h4-5,11-12H,1-3H3. The maximum Gasteiger partial charge on any atom is 0.707 e. The van der Waals surface area contributed by atoms with E-state index < -0.39 is 7.32 Å². The van der Waals surface area contributed by atoms with Gasteiger partial charge in [-0.05, 0) is 31.5 Å². The first-order valence-corrected chi connectivity index (χ1v) is 4.22. The van der Waals surface area contributed by atoms with Crippen LogP contribution in [0.25, 0.3) is 0 Å². The molecule has 1 rings (SSSR count). The first-order valence-electron chi connectivity index (χ1n) is 4.22. The SMILES string of the molecule is COc1cc(C)cc(OB(O)O)c1C. The molecule has 1 aromatic rings. The van der Waals surface area contributed by atoms with Gasteiger partial charge in [0.25, 0.3) is 0 Å². The Kier molecular flexibility index (Phi) is 3.38. The number of hydrogen-bond acceptors (Lipinski definition) is 4. The van der Waals surface area contributed by atoms with Crippen molar-refractivity contribution in [3.05, 3.63) is 23.3 Å². The number of benzene rings is 1. The lowest BCUT2D eigenvalue weighted by atomic mass is 10.1. The molecule has 0 fully saturated rings. The number of methoxy groups -OCH3 is 1. The number of ether oxygens (including phenoxy) is 1. The van der Waals surface area contributed by atoms with Gasteiger partial charge in [0.2, 0.25) is 0 Å². The minimum atomic E-state index is -1.81. The molecule has 0 aliphatic rings. The second-order valence-corrected chi connectivity index (χ2v) is 3.03. The van der Waals surface area contributed by atoms with Crippen LogP contribution in [0.3, 0.4) is 0 Å². The Morgan fingerprint density at radius 2 is 1.71 bits per heavy atom. The largest absolute Gasteiger partial charge is 0.707 e. The van der Waals surface area contributed by atoms with Crippen LogP contribution in [0, 0.1) is 13.8 Å². The van der Waals surface area contributed by atoms with Crippen molar-refractivity contribution in [2.24, 2.45) is 0 Å². The van der Waals surface area contributed by atoms with Crippen molar-refractivity contribution in [3.8, 4) is 11.5 Å². The molecule has 0 aliphatic heterocycles. The lowest BCUT2D eigenvalue weighted by Gasteiger charge is -2.12. The quantitative estimate of drug-likeness (QED) is 0.697. The monoisotopic (exact) mass is 196 g/mol. The van der Waals surface area contributed by atoms with E-state index in [1.165, 1.54) is 0 Å². The van der Waals surface area contributed by atoms with Crippen LogP contribution in [-0.2, 0) is 0 Å². The molecule has 0 aliphatic carbocycles. The van der Waals surface area contributed by atoms with E-state index in [-0.39, 0.29) is 0 Å². The molecule has 0 radical (unpaired) electrons. The second kappa shape index (κ2) is 4.35. The third-order valence-corrected chi connectivity index (χ3v) is 1.91. The lowest BCUT2D eigenvalue weighted by molar-refractivity contribution is 0.286. The van der Waals surface area contributed by atoms with E-state index in [0.717, 1.165) is 11.1 Å². The van der Waals surface area contributed by atoms with Gasteiger partial charge in [-0.15, -0.1) is 0 Å². The van der Waals surface area contributed by atoms with E-state index in [4.69, 9.17) is 19.4 Å². The van der Waals surface area contributed by atoms with E-state index in [1.807, 2.05) is 13.0 Å². The van der Waals surface area contributed by atoms with Crippen LogP contribution in [0.2, 0.25) is 0 Å². The maximum atomic E-state index is 8.68. The van der Waals surface area contributed by atoms with Gasteiger partial charge >= 0.3 is 7.32 Å². The normalized spacial score (nSPS) is 9.79. The molecule has 0 heterocycles. The topological polar surface area (TPSA) is 58.9 Å². The highest BCUT2D eigenvalue weighted by molar-refractivity contribution is 6.33. The van der Waals surface area contributed by atoms with E-state index in [1.54, 1.807) is 20.1 Å². The van der Waals surface area contributed by atoms with Gasteiger partial charge in [0.15, 0.2) is 0 Å². The van der Waals surface area contributed by atoms with Crippen LogP contribution in [0.1, 0.15) is 11.1 Å². The Morgan fingerprint density at radius 3 is 2.21 bits per heavy atom. The summed E-state index contributed by atoms with van der Waals surface area (Å²) < 4.78 is 9.90. The average molecular weight is 196 g/mol. The molecule has 0 amide bonds. The zero-order chi connectivity index (χ0) is 10.7. The maximum absolute atomic E-state index is 8.68. The van der Waals surface area contributed by atoms with Gasteiger partial charge in [-0.25, -0.2) is 0 Å². The van der Waals surface area contributed by atoms with Crippen molar-refractivity contribution < 1.29 is 19.4 Å². The van der Waals surface area contributed by atoms with Crippen molar-refractivity contribution in [2.75, 3.05) is 7.11 Å². The smallest absolute Gasteiger partial charge is 0.512 e. The second-order valence-electron chi connectivity index (χ2n) is 3.03. The van der Waals surface area contributed by atoms with E-state index in [2.05, 4.69) is 0 Å². The highest BCUT2D eigenvalue weighted by Crippen LogP contribution is 2.29. The van der Waals surface area contributed by atoms with Crippen molar-refractivity contribution in [1.29, 1.82) is 0 Å². The summed E-state index contributed by atoms with van der Waals surface area (Å²) in [5.74, 6) is 1.08. The third-order valence-electron chi connectivity index (χ3n) is 1.91. The molecule has 4 nitrogen and oxygen atoms in total. The molecule has 0 bridgehead atoms. The molecule has 0 atom stereocenters. The average Bonchev–Trinajstić information content (AvgIpc) is 2.09. The fraction of sp³-hybridized carbons (Fsp3) is 0.333. The van der Waals surface area contributed by atoms with Crippen molar-refractivity contribution in [3.63, 3.8) is 0 Å². The fourth-order valence-electron chi connectivity index (χ4n) is 1.24. The first-order chi connectivity index (χ1) is 6.54. The van der Waals surface area contributed by atoms with Crippen LogP contribution in [0.4, 0.5) is 0 Å². The molecule has 14 heavy (non-hydrogen) atoms. The summed E-state index contributed by atoms with van der Waals surface area (Å²) in [6.07, 6.45) is 0. The van der Waals surface area contributed by atoms with E-state index >= 15 is 0 Å². The molecule has 0 spiro atoms. The summed E-state index contributed by atoms with van der Waals surface area (Å²) in [5.41, 5.74) is 1.68. The van der Waals surface area contributed by atoms with Crippen molar-refractivity contribution in [1.82, 2.24) is 0 Å². The third kappa shape index (κ3) is 2.40. The van der Waals surface area contributed by atoms with Gasteiger partial charge in [0.05, 0.1) is 7.11 Å². The Labute approximate surface area is 83.3 Å². The Bertz CT molecular complexity index is 325. The van der Waals surface area contributed by atoms with E-state index in [0.29, 0.717) is 11.5 Å². The summed E-state index contributed by atoms with van der Waals surface area (Å²) in [6, 6.07) is 3.57. The summed E-state index contributed by atoms with van der Waals surface area (Å²) in [7, 11) is -0.249. The molecular formula is C9H13BO4. The summed E-state index contributed by atoms with van der Waals surface area (Å²) in [4.78, 5) is 0. The number of hydrogen-bond donors (Lipinski definition) is 2. The molecule has 0 saturated heterocycles.